The molecular weight excluding hydrogens is 1200 g/mol. The summed E-state index contributed by atoms with van der Waals surface area (Å²) in [6.45, 7) is 8.24. The molecule has 0 radical (unpaired) electrons. The average molecular weight is 1260 g/mol. The predicted octanol–water partition coefficient (Wildman–Crippen LogP) is 3.35. The standard InChI is InChI=1S/C25H28N6O7S3.C21H21N5O7S3.C4H9NO/c1-3-9-40(34,35)21(22-30-29-20(38-22)12-27-41(26,36)37)23-28-18-8-7-16(11-19(18)39-23)15-5-4-6-17(10-15)24(32)31-13-25(2,33)14-31;1-2-8-35(29,30)18(19-26-25-17(33-19)11-23-36(22,31)32)20-24-15-7-6-13(10-16(15)34-20)12-4-3-5-14(9-12)21(27)28;1-4(6)2-5-3-4/h4-8,10-11,21,27,33H,3,9,12-14H2,1-2H3,(H2,26,36,37);3-7,9-10,18,23H,2,8,11H2,1H3,(H,27,28)(H2,22,31,32);5-6H,2-3H2,1H3. The molecule has 2 fully saturated rings. The van der Waals surface area contributed by atoms with Crippen molar-refractivity contribution in [1.29, 1.82) is 0 Å². The van der Waals surface area contributed by atoms with Gasteiger partial charge in [0.1, 0.15) is 10.0 Å². The number of fused-ring (bicyclic) bond motifs is 2. The lowest BCUT2D eigenvalue weighted by molar-refractivity contribution is -0.0668. The molecule has 0 aliphatic carbocycles. The van der Waals surface area contributed by atoms with E-state index in [1.807, 2.05) is 34.6 Å². The van der Waals surface area contributed by atoms with Gasteiger partial charge < -0.3 is 34.4 Å². The molecule has 4 aromatic heterocycles. The summed E-state index contributed by atoms with van der Waals surface area (Å²) in [4.78, 5) is 34.8. The number of aromatic nitrogens is 6. The highest BCUT2D eigenvalue weighted by Gasteiger charge is 2.40. The molecule has 444 valence electrons. The quantitative estimate of drug-likeness (QED) is 0.0542. The van der Waals surface area contributed by atoms with Crippen molar-refractivity contribution >= 4 is 95.1 Å². The number of carboxylic acid groups (broad SMARTS) is 1. The van der Waals surface area contributed by atoms with Crippen molar-refractivity contribution in [1.82, 2.24) is 50.0 Å². The Kier molecular flexibility index (Phi) is 18.8. The molecule has 2 aliphatic rings. The van der Waals surface area contributed by atoms with Crippen molar-refractivity contribution in [3.8, 4) is 22.3 Å². The van der Waals surface area contributed by atoms with Crippen molar-refractivity contribution in [2.75, 3.05) is 37.7 Å². The van der Waals surface area contributed by atoms with Gasteiger partial charge in [-0.15, -0.1) is 43.1 Å². The van der Waals surface area contributed by atoms with E-state index in [4.69, 9.17) is 24.2 Å². The minimum atomic E-state index is -4.02. The maximum atomic E-state index is 13.3. The molecule has 10 N–H and O–H groups in total. The molecule has 0 spiro atoms. The Bertz CT molecular complexity index is 4150. The molecule has 33 heteroatoms. The van der Waals surface area contributed by atoms with Crippen molar-refractivity contribution in [3.05, 3.63) is 130 Å². The fraction of sp³-hybridized carbons (Fsp3) is 0.360. The number of hydrogen-bond acceptors (Lipinski definition) is 23. The summed E-state index contributed by atoms with van der Waals surface area (Å²) in [5.74, 6) is -2.28. The number of likely N-dealkylation sites (tertiary alicyclic amines) is 1. The number of thiazole rings is 2. The third-order valence-corrected chi connectivity index (χ3v) is 20.3. The number of nitrogens with one attached hydrogen (secondary N) is 3. The van der Waals surface area contributed by atoms with E-state index in [0.29, 0.717) is 44.4 Å². The van der Waals surface area contributed by atoms with Crippen LogP contribution in [0.3, 0.4) is 0 Å². The van der Waals surface area contributed by atoms with Gasteiger partial charge in [-0.2, -0.15) is 26.3 Å². The molecule has 2 unspecified atom stereocenters. The summed E-state index contributed by atoms with van der Waals surface area (Å²) in [6, 6.07) is 24.4. The van der Waals surface area contributed by atoms with Gasteiger partial charge in [0.25, 0.3) is 26.3 Å². The largest absolute Gasteiger partial charge is 0.478 e. The van der Waals surface area contributed by atoms with Gasteiger partial charge in [-0.1, -0.05) is 50.2 Å². The smallest absolute Gasteiger partial charge is 0.335 e. The monoisotopic (exact) mass is 1260 g/mol. The number of aromatic carboxylic acids is 1. The Balaban J connectivity index is 0.000000198. The van der Waals surface area contributed by atoms with Gasteiger partial charge in [0.2, 0.25) is 23.6 Å². The van der Waals surface area contributed by atoms with Gasteiger partial charge in [0, 0.05) is 18.7 Å². The first kappa shape index (κ1) is 62.4. The second-order valence-electron chi connectivity index (χ2n) is 20.0. The molecular formula is C50H58N12O15S6. The van der Waals surface area contributed by atoms with Crippen LogP contribution in [-0.4, -0.2) is 145 Å². The van der Waals surface area contributed by atoms with Crippen LogP contribution in [0.5, 0.6) is 0 Å². The number of benzene rings is 4. The molecule has 2 aliphatic heterocycles. The summed E-state index contributed by atoms with van der Waals surface area (Å²) < 4.78 is 114. The molecule has 6 heterocycles. The van der Waals surface area contributed by atoms with Crippen LogP contribution in [0.2, 0.25) is 0 Å². The lowest BCUT2D eigenvalue weighted by atomic mass is 9.95. The molecule has 83 heavy (non-hydrogen) atoms. The number of aliphatic hydroxyl groups is 2. The van der Waals surface area contributed by atoms with E-state index in [-0.39, 0.29) is 75.2 Å². The van der Waals surface area contributed by atoms with E-state index in [1.165, 1.54) is 6.07 Å². The molecule has 27 nitrogen and oxygen atoms in total. The van der Waals surface area contributed by atoms with Crippen molar-refractivity contribution < 1.29 is 67.4 Å². The molecule has 10 rings (SSSR count). The van der Waals surface area contributed by atoms with Crippen LogP contribution in [0, 0.1) is 0 Å². The number of hydrogen-bond donors (Lipinski definition) is 8. The maximum Gasteiger partial charge on any atom is 0.335 e. The molecule has 0 saturated carbocycles. The van der Waals surface area contributed by atoms with E-state index in [9.17, 15) is 53.5 Å². The van der Waals surface area contributed by atoms with Gasteiger partial charge in [-0.3, -0.25) is 4.79 Å². The summed E-state index contributed by atoms with van der Waals surface area (Å²) in [5.41, 5.74) is 3.52. The fourth-order valence-corrected chi connectivity index (χ4v) is 15.5. The molecule has 0 bridgehead atoms. The topological polar surface area (TPSA) is 426 Å². The first-order chi connectivity index (χ1) is 38.9. The number of carboxylic acids is 1. The highest BCUT2D eigenvalue weighted by Crippen LogP contribution is 2.39. The van der Waals surface area contributed by atoms with E-state index in [0.717, 1.165) is 52.5 Å². The number of carbonyl (C=O) groups excluding carboxylic acids is 1. The summed E-state index contributed by atoms with van der Waals surface area (Å²) >= 11 is 2.30. The van der Waals surface area contributed by atoms with E-state index in [1.54, 1.807) is 86.3 Å². The van der Waals surface area contributed by atoms with Gasteiger partial charge in [0.15, 0.2) is 30.2 Å². The summed E-state index contributed by atoms with van der Waals surface area (Å²) in [7, 11) is -15.7. The van der Waals surface area contributed by atoms with Crippen molar-refractivity contribution in [2.24, 2.45) is 10.3 Å². The fourth-order valence-electron chi connectivity index (χ4n) is 8.56. The number of nitrogens with two attached hydrogens (primary N) is 2. The van der Waals surface area contributed by atoms with Crippen LogP contribution in [0.4, 0.5) is 0 Å². The van der Waals surface area contributed by atoms with Crippen LogP contribution < -0.4 is 25.0 Å². The second-order valence-corrected chi connectivity index (χ2v) is 29.3. The minimum Gasteiger partial charge on any atom is -0.478 e. The molecule has 2 saturated heterocycles. The maximum absolute atomic E-state index is 13.3. The lowest BCUT2D eigenvalue weighted by Gasteiger charge is -2.44. The van der Waals surface area contributed by atoms with Crippen molar-refractivity contribution in [2.45, 2.75) is 75.3 Å². The van der Waals surface area contributed by atoms with E-state index >= 15 is 0 Å². The SMILES string of the molecule is CC1(O)CNC1.CCCS(=O)(=O)C(c1nnc(CNS(N)(=O)=O)o1)c1nc2ccc(-c3cccc(C(=O)N4CC(C)(O)C4)c3)cc2s1.CCCS(=O)(=O)C(c1nnc(CNS(N)(=O)=O)o1)c1nc2ccc(-c3cccc(C(=O)O)c3)cc2s1. The third kappa shape index (κ3) is 16.0. The number of nitrogens with zero attached hydrogens (tertiary/aromatic N) is 7. The van der Waals surface area contributed by atoms with Gasteiger partial charge in [0.05, 0.1) is 74.9 Å². The lowest BCUT2D eigenvalue weighted by Crippen LogP contribution is -2.61. The predicted molar refractivity (Wildman–Crippen MR) is 307 cm³/mol. The van der Waals surface area contributed by atoms with Gasteiger partial charge >= 0.3 is 5.97 Å². The van der Waals surface area contributed by atoms with E-state index < -0.39 is 75.3 Å². The summed E-state index contributed by atoms with van der Waals surface area (Å²) in [5, 5.41) is 53.9. The Labute approximate surface area is 484 Å². The zero-order chi connectivity index (χ0) is 60.3. The first-order valence-electron chi connectivity index (χ1n) is 25.2. The number of β-amino-alcohol motifs (C(OH)–C–C–N with tert-alkyl or cyclic N) is 2. The molecule has 1 amide bonds. The normalized spacial score (nSPS) is 15.7. The van der Waals surface area contributed by atoms with Gasteiger partial charge in [-0.05, 0) is 97.5 Å². The average Bonchev–Trinajstić information content (AvgIpc) is 4.28. The molecule has 8 aromatic rings. The minimum absolute atomic E-state index is 0.146. The van der Waals surface area contributed by atoms with Crippen LogP contribution in [0.1, 0.15) is 105 Å². The number of amides is 1. The Hall–Kier alpha value is -6.60. The Morgan fingerprint density at radius 1 is 0.639 bits per heavy atom. The Morgan fingerprint density at radius 3 is 1.42 bits per heavy atom. The number of sulfone groups is 2. The molecule has 4 aromatic carbocycles. The zero-order valence-electron chi connectivity index (χ0n) is 44.8. The first-order valence-corrected chi connectivity index (χ1v) is 33.4. The highest BCUT2D eigenvalue weighted by atomic mass is 32.2. The second kappa shape index (κ2) is 24.9. The van der Waals surface area contributed by atoms with Crippen LogP contribution in [-0.2, 0) is 53.2 Å². The molecule has 2 atom stereocenters. The van der Waals surface area contributed by atoms with Crippen LogP contribution in [0.25, 0.3) is 42.7 Å². The Morgan fingerprint density at radius 2 is 1.05 bits per heavy atom. The van der Waals surface area contributed by atoms with Crippen LogP contribution >= 0.6 is 22.7 Å². The van der Waals surface area contributed by atoms with E-state index in [2.05, 4.69) is 35.7 Å². The highest BCUT2D eigenvalue weighted by molar-refractivity contribution is 7.92. The number of rotatable bonds is 20. The zero-order valence-corrected chi connectivity index (χ0v) is 49.7. The van der Waals surface area contributed by atoms with Crippen LogP contribution in [0.15, 0.2) is 93.8 Å². The third-order valence-electron chi connectivity index (χ3n) is 12.5. The van der Waals surface area contributed by atoms with Crippen molar-refractivity contribution in [3.63, 3.8) is 0 Å². The van der Waals surface area contributed by atoms with Gasteiger partial charge in [-0.25, -0.2) is 41.9 Å². The summed E-state index contributed by atoms with van der Waals surface area (Å²) in [6.07, 6.45) is 0.702. The number of carbonyl (C=O) groups is 2.